The van der Waals surface area contributed by atoms with Crippen molar-refractivity contribution in [1.29, 1.82) is 0 Å². The third-order valence-electron chi connectivity index (χ3n) is 3.24. The number of H-pyrrole nitrogens is 1. The molecular formula is C9H11N2O12P3-2. The van der Waals surface area contributed by atoms with Gasteiger partial charge in [-0.05, 0) is 0 Å². The van der Waals surface area contributed by atoms with Gasteiger partial charge in [0.2, 0.25) is 0 Å². The number of aromatic nitrogens is 2. The summed E-state index contributed by atoms with van der Waals surface area (Å²) < 4.78 is 45.8. The molecule has 2 aliphatic rings. The van der Waals surface area contributed by atoms with Crippen molar-refractivity contribution < 1.29 is 46.2 Å². The van der Waals surface area contributed by atoms with Crippen molar-refractivity contribution >= 4 is 24.2 Å². The molecule has 5 unspecified atom stereocenters. The summed E-state index contributed by atoms with van der Waals surface area (Å²) in [6.45, 7) is -0.499. The van der Waals surface area contributed by atoms with Gasteiger partial charge in [-0.3, -0.25) is 23.5 Å². The molecule has 0 spiro atoms. The number of phosphoric acid groups is 2. The fourth-order valence-corrected chi connectivity index (χ4v) is 6.30. The highest BCUT2D eigenvalue weighted by molar-refractivity contribution is 7.71. The first-order chi connectivity index (χ1) is 12.0. The van der Waals surface area contributed by atoms with Crippen LogP contribution < -0.4 is 21.0 Å². The molecule has 1 aromatic heterocycles. The molecule has 0 saturated carbocycles. The van der Waals surface area contributed by atoms with E-state index in [1.54, 1.807) is 0 Å². The fourth-order valence-electron chi connectivity index (χ4n) is 2.20. The van der Waals surface area contributed by atoms with Crippen LogP contribution in [0.15, 0.2) is 21.9 Å². The van der Waals surface area contributed by atoms with Gasteiger partial charge in [-0.25, -0.2) is 17.7 Å². The number of rotatable bonds is 4. The third-order valence-corrected chi connectivity index (χ3v) is 7.87. The van der Waals surface area contributed by atoms with Crippen molar-refractivity contribution in [3.63, 3.8) is 0 Å². The van der Waals surface area contributed by atoms with Gasteiger partial charge >= 0.3 is 14.3 Å². The first-order valence-corrected chi connectivity index (χ1v) is 10.9. The highest BCUT2D eigenvalue weighted by Gasteiger charge is 2.40. The van der Waals surface area contributed by atoms with Gasteiger partial charge in [0, 0.05) is 18.7 Å². The van der Waals surface area contributed by atoms with E-state index in [4.69, 9.17) is 9.26 Å². The standard InChI is InChI=1S/C9H13N2O12P3/c12-5-3-8(11-2-1-7(13)10-9(11)14)20-6(5)4-19-24-21-25(15,16)23-26(17,18)22-24/h1-2,5-6,8,12H,3-4H2,(H,15,16)(H,17,18)(H,10,13,14)/p-2. The summed E-state index contributed by atoms with van der Waals surface area (Å²) in [5.41, 5.74) is -1.36. The van der Waals surface area contributed by atoms with E-state index in [0.29, 0.717) is 0 Å². The van der Waals surface area contributed by atoms with Crippen LogP contribution in [0.4, 0.5) is 0 Å². The first kappa shape index (κ1) is 20.0. The monoisotopic (exact) mass is 432 g/mol. The van der Waals surface area contributed by atoms with Crippen LogP contribution in [0, 0.1) is 0 Å². The maximum absolute atomic E-state index is 11.7. The molecule has 0 bridgehead atoms. The van der Waals surface area contributed by atoms with E-state index in [9.17, 15) is 33.6 Å². The zero-order valence-corrected chi connectivity index (χ0v) is 15.2. The van der Waals surface area contributed by atoms with E-state index in [-0.39, 0.29) is 6.42 Å². The highest BCUT2D eigenvalue weighted by Crippen LogP contribution is 2.73. The Morgan fingerprint density at radius 1 is 1.35 bits per heavy atom. The Hall–Kier alpha value is -0.750. The van der Waals surface area contributed by atoms with E-state index < -0.39 is 60.5 Å². The van der Waals surface area contributed by atoms with Gasteiger partial charge in [0.1, 0.15) is 12.3 Å². The molecule has 3 rings (SSSR count). The van der Waals surface area contributed by atoms with Crippen LogP contribution in [0.3, 0.4) is 0 Å². The van der Waals surface area contributed by atoms with Crippen LogP contribution in [0.1, 0.15) is 12.6 Å². The molecular weight excluding hydrogens is 421 g/mol. The molecule has 3 heterocycles. The molecule has 146 valence electrons. The molecule has 26 heavy (non-hydrogen) atoms. The van der Waals surface area contributed by atoms with E-state index >= 15 is 0 Å². The molecule has 5 atom stereocenters. The number of aliphatic hydroxyl groups excluding tert-OH is 1. The number of hydrogen-bond donors (Lipinski definition) is 2. The lowest BCUT2D eigenvalue weighted by atomic mass is 10.2. The second kappa shape index (κ2) is 7.34. The van der Waals surface area contributed by atoms with Crippen molar-refractivity contribution in [2.75, 3.05) is 6.61 Å². The van der Waals surface area contributed by atoms with Crippen molar-refractivity contribution in [2.24, 2.45) is 0 Å². The summed E-state index contributed by atoms with van der Waals surface area (Å²) in [6.07, 6.45) is -1.97. The molecule has 0 aromatic carbocycles. The van der Waals surface area contributed by atoms with Crippen LogP contribution >= 0.6 is 24.2 Å². The lowest BCUT2D eigenvalue weighted by molar-refractivity contribution is -0.240. The number of aromatic amines is 1. The molecule has 14 nitrogen and oxygen atoms in total. The van der Waals surface area contributed by atoms with Gasteiger partial charge in [-0.2, -0.15) is 0 Å². The van der Waals surface area contributed by atoms with Gasteiger partial charge < -0.3 is 24.2 Å². The minimum atomic E-state index is -5.14. The Kier molecular flexibility index (Phi) is 5.65. The Balaban J connectivity index is 1.62. The van der Waals surface area contributed by atoms with Crippen LogP contribution in [0.5, 0.6) is 0 Å². The lowest BCUT2D eigenvalue weighted by Gasteiger charge is -2.38. The molecule has 0 amide bonds. The summed E-state index contributed by atoms with van der Waals surface area (Å²) in [7, 11) is -13.1. The predicted octanol–water partition coefficient (Wildman–Crippen LogP) is -1.57. The van der Waals surface area contributed by atoms with Gasteiger partial charge in [-0.15, -0.1) is 0 Å². The normalized spacial score (nSPS) is 40.6. The van der Waals surface area contributed by atoms with Gasteiger partial charge in [0.15, 0.2) is 0 Å². The number of nitrogens with zero attached hydrogens (tertiary/aromatic N) is 1. The van der Waals surface area contributed by atoms with Crippen molar-refractivity contribution in [2.45, 2.75) is 24.9 Å². The molecule has 2 aliphatic heterocycles. The van der Waals surface area contributed by atoms with E-state index in [1.807, 2.05) is 4.98 Å². The molecule has 0 radical (unpaired) electrons. The van der Waals surface area contributed by atoms with Crippen LogP contribution in [-0.2, 0) is 31.3 Å². The summed E-state index contributed by atoms with van der Waals surface area (Å²) in [5.74, 6) is 0. The lowest BCUT2D eigenvalue weighted by Crippen LogP contribution is -2.31. The van der Waals surface area contributed by atoms with Gasteiger partial charge in [0.05, 0.1) is 12.7 Å². The fraction of sp³-hybridized carbons (Fsp3) is 0.556. The molecule has 17 heteroatoms. The first-order valence-electron chi connectivity index (χ1n) is 6.85. The maximum Gasteiger partial charge on any atom is 0.346 e. The number of hydrogen-bond acceptors (Lipinski definition) is 12. The summed E-state index contributed by atoms with van der Waals surface area (Å²) in [6, 6.07) is 1.09. The summed E-state index contributed by atoms with van der Waals surface area (Å²) in [4.78, 5) is 47.1. The third kappa shape index (κ3) is 4.75. The quantitative estimate of drug-likeness (QED) is 0.518. The van der Waals surface area contributed by atoms with E-state index in [1.165, 1.54) is 6.20 Å². The average molecular weight is 432 g/mol. The Morgan fingerprint density at radius 3 is 2.62 bits per heavy atom. The number of ether oxygens (including phenoxy) is 1. The van der Waals surface area contributed by atoms with Crippen molar-refractivity contribution in [3.8, 4) is 0 Å². The number of nitrogens with one attached hydrogen (secondary N) is 1. The summed E-state index contributed by atoms with van der Waals surface area (Å²) in [5, 5.41) is 9.98. The van der Waals surface area contributed by atoms with Gasteiger partial charge in [-0.1, -0.05) is 0 Å². The van der Waals surface area contributed by atoms with Crippen molar-refractivity contribution in [1.82, 2.24) is 9.55 Å². The number of aliphatic hydroxyl groups is 1. The van der Waals surface area contributed by atoms with E-state index in [2.05, 4.69) is 12.9 Å². The van der Waals surface area contributed by atoms with Crippen LogP contribution in [0.25, 0.3) is 0 Å². The SMILES string of the molecule is O=c1ccn(C2CC(O)C(COP3OP(=O)([O-])OP(=O)([O-])O3)O2)c(=O)[nH]1. The maximum atomic E-state index is 11.7. The molecule has 2 saturated heterocycles. The second-order valence-electron chi connectivity index (χ2n) is 5.11. The Bertz CT molecular complexity index is 859. The zero-order valence-electron chi connectivity index (χ0n) is 12.5. The molecule has 2 N–H and O–H groups in total. The zero-order chi connectivity index (χ0) is 19.1. The Morgan fingerprint density at radius 2 is 2.00 bits per heavy atom. The highest BCUT2D eigenvalue weighted by atomic mass is 31.3. The second-order valence-corrected chi connectivity index (χ2v) is 9.56. The largest absolute Gasteiger partial charge is 0.756 e. The molecule has 1 aromatic rings. The average Bonchev–Trinajstić information content (AvgIpc) is 2.82. The minimum absolute atomic E-state index is 0.0389. The van der Waals surface area contributed by atoms with Crippen molar-refractivity contribution in [3.05, 3.63) is 33.1 Å². The van der Waals surface area contributed by atoms with E-state index in [0.717, 1.165) is 10.6 Å². The topological polar surface area (TPSA) is 202 Å². The minimum Gasteiger partial charge on any atom is -0.756 e. The van der Waals surface area contributed by atoms with Crippen LogP contribution in [-0.4, -0.2) is 33.5 Å². The Labute approximate surface area is 145 Å². The van der Waals surface area contributed by atoms with Crippen LogP contribution in [0.2, 0.25) is 0 Å². The molecule has 0 aliphatic carbocycles. The smallest absolute Gasteiger partial charge is 0.346 e. The summed E-state index contributed by atoms with van der Waals surface area (Å²) >= 11 is 0. The predicted molar refractivity (Wildman–Crippen MR) is 77.2 cm³/mol. The van der Waals surface area contributed by atoms with Gasteiger partial charge in [0.25, 0.3) is 21.2 Å². The molecule has 2 fully saturated rings.